The van der Waals surface area contributed by atoms with Crippen molar-refractivity contribution < 1.29 is 19.1 Å². The Morgan fingerprint density at radius 2 is 2.00 bits per heavy atom. The summed E-state index contributed by atoms with van der Waals surface area (Å²) in [6, 6.07) is 6.86. The van der Waals surface area contributed by atoms with E-state index in [1.807, 2.05) is 24.3 Å². The maximum atomic E-state index is 12.4. The summed E-state index contributed by atoms with van der Waals surface area (Å²) in [4.78, 5) is 31.4. The van der Waals surface area contributed by atoms with E-state index in [0.717, 1.165) is 23.8 Å². The summed E-state index contributed by atoms with van der Waals surface area (Å²) in [5, 5.41) is 3.46. The number of aryl methyl sites for hydroxylation is 1. The third-order valence-electron chi connectivity index (χ3n) is 4.19. The van der Waals surface area contributed by atoms with E-state index in [1.165, 1.54) is 11.3 Å². The number of benzene rings is 1. The number of carbonyl (C=O) groups is 2. The maximum absolute atomic E-state index is 12.4. The van der Waals surface area contributed by atoms with E-state index < -0.39 is 11.9 Å². The predicted octanol–water partition coefficient (Wildman–Crippen LogP) is 1.44. The zero-order valence-corrected chi connectivity index (χ0v) is 16.6. The molecule has 0 spiro atoms. The topological polar surface area (TPSA) is 105 Å². The van der Waals surface area contributed by atoms with E-state index in [1.54, 1.807) is 14.0 Å². The van der Waals surface area contributed by atoms with Crippen molar-refractivity contribution in [1.82, 2.24) is 21.2 Å². The minimum absolute atomic E-state index is 0.270. The van der Waals surface area contributed by atoms with E-state index in [9.17, 15) is 9.59 Å². The summed E-state index contributed by atoms with van der Waals surface area (Å²) in [6.45, 7) is 4.83. The number of amides is 3. The second kappa shape index (κ2) is 9.38. The molecule has 150 valence electrons. The summed E-state index contributed by atoms with van der Waals surface area (Å²) in [7, 11) is 1.57. The van der Waals surface area contributed by atoms with Crippen molar-refractivity contribution in [3.8, 4) is 5.75 Å². The Morgan fingerprint density at radius 3 is 2.75 bits per heavy atom. The number of carbonyl (C=O) groups excluding carboxylic acids is 2. The molecule has 1 aliphatic heterocycles. The van der Waals surface area contributed by atoms with Crippen LogP contribution in [0.3, 0.4) is 0 Å². The molecule has 1 aliphatic rings. The van der Waals surface area contributed by atoms with Crippen LogP contribution in [0.4, 0.5) is 9.93 Å². The summed E-state index contributed by atoms with van der Waals surface area (Å²) in [6.07, 6.45) is 0. The highest BCUT2D eigenvalue weighted by molar-refractivity contribution is 7.17. The number of rotatable bonds is 5. The third-order valence-corrected chi connectivity index (χ3v) is 5.41. The predicted molar refractivity (Wildman–Crippen MR) is 106 cm³/mol. The first-order chi connectivity index (χ1) is 13.6. The molecule has 1 aromatic carbocycles. The molecule has 2 aromatic rings. The summed E-state index contributed by atoms with van der Waals surface area (Å²) in [5.74, 6) is 0.282. The Bertz CT molecular complexity index is 835. The monoisotopic (exact) mass is 405 g/mol. The van der Waals surface area contributed by atoms with Crippen LogP contribution in [0.25, 0.3) is 0 Å². The molecule has 0 aliphatic carbocycles. The number of nitrogens with one attached hydrogen (secondary N) is 3. The van der Waals surface area contributed by atoms with Gasteiger partial charge in [-0.05, 0) is 13.0 Å². The highest BCUT2D eigenvalue weighted by Gasteiger charge is 2.20. The fourth-order valence-corrected chi connectivity index (χ4v) is 3.74. The molecule has 3 N–H and O–H groups in total. The maximum Gasteiger partial charge on any atom is 0.333 e. The van der Waals surface area contributed by atoms with Crippen LogP contribution in [0.2, 0.25) is 0 Å². The van der Waals surface area contributed by atoms with Gasteiger partial charge in [0.05, 0.1) is 26.0 Å². The van der Waals surface area contributed by atoms with Crippen LogP contribution in [-0.2, 0) is 11.3 Å². The van der Waals surface area contributed by atoms with Crippen molar-refractivity contribution >= 4 is 28.4 Å². The lowest BCUT2D eigenvalue weighted by Crippen LogP contribution is -2.46. The number of hydrazine groups is 1. The van der Waals surface area contributed by atoms with Gasteiger partial charge in [-0.2, -0.15) is 0 Å². The molecule has 9 nitrogen and oxygen atoms in total. The van der Waals surface area contributed by atoms with E-state index >= 15 is 0 Å². The molecule has 0 radical (unpaired) electrons. The molecule has 1 fully saturated rings. The highest BCUT2D eigenvalue weighted by Crippen LogP contribution is 2.26. The average molecular weight is 405 g/mol. The largest absolute Gasteiger partial charge is 0.496 e. The molecule has 10 heteroatoms. The quantitative estimate of drug-likeness (QED) is 0.650. The molecule has 0 atom stereocenters. The standard InChI is InChI=1S/C18H23N5O4S/c1-12-15(28-18(20-12)23-7-9-27-10-8-23)16(24)21-22-17(25)19-11-13-5-3-4-6-14(13)26-2/h3-6H,7-11H2,1-2H3,(H,21,24)(H2,19,22,25). The van der Waals surface area contributed by atoms with Crippen molar-refractivity contribution in [2.75, 3.05) is 38.3 Å². The van der Waals surface area contributed by atoms with Gasteiger partial charge in [0.1, 0.15) is 10.6 Å². The van der Waals surface area contributed by atoms with Crippen LogP contribution >= 0.6 is 11.3 Å². The first-order valence-corrected chi connectivity index (χ1v) is 9.66. The first-order valence-electron chi connectivity index (χ1n) is 8.84. The molecule has 3 rings (SSSR count). The van der Waals surface area contributed by atoms with Gasteiger partial charge in [-0.25, -0.2) is 15.2 Å². The van der Waals surface area contributed by atoms with Gasteiger partial charge in [-0.1, -0.05) is 29.5 Å². The molecule has 1 aromatic heterocycles. The van der Waals surface area contributed by atoms with Crippen molar-refractivity contribution in [1.29, 1.82) is 0 Å². The third kappa shape index (κ3) is 4.90. The molecule has 0 bridgehead atoms. The Labute approximate surface area is 167 Å². The summed E-state index contributed by atoms with van der Waals surface area (Å²) >= 11 is 1.30. The fourth-order valence-electron chi connectivity index (χ4n) is 2.72. The minimum atomic E-state index is -0.519. The molecule has 28 heavy (non-hydrogen) atoms. The fraction of sp³-hybridized carbons (Fsp3) is 0.389. The van der Waals surface area contributed by atoms with Gasteiger partial charge < -0.3 is 19.7 Å². The van der Waals surface area contributed by atoms with Crippen LogP contribution in [0, 0.1) is 6.92 Å². The minimum Gasteiger partial charge on any atom is -0.496 e. The molecule has 3 amide bonds. The average Bonchev–Trinajstić information content (AvgIpc) is 3.13. The van der Waals surface area contributed by atoms with Gasteiger partial charge in [0.15, 0.2) is 5.13 Å². The lowest BCUT2D eigenvalue weighted by molar-refractivity contribution is 0.0939. The van der Waals surface area contributed by atoms with Gasteiger partial charge in [0.25, 0.3) is 5.91 Å². The van der Waals surface area contributed by atoms with Gasteiger partial charge in [0, 0.05) is 25.2 Å². The van der Waals surface area contributed by atoms with Crippen LogP contribution in [0.5, 0.6) is 5.75 Å². The normalized spacial score (nSPS) is 13.7. The number of para-hydroxylation sites is 1. The van der Waals surface area contributed by atoms with Crippen LogP contribution in [-0.4, -0.2) is 50.3 Å². The number of methoxy groups -OCH3 is 1. The van der Waals surface area contributed by atoms with Crippen LogP contribution < -0.4 is 25.8 Å². The number of morpholine rings is 1. The van der Waals surface area contributed by atoms with Gasteiger partial charge in [-0.15, -0.1) is 0 Å². The van der Waals surface area contributed by atoms with Gasteiger partial charge in [-0.3, -0.25) is 10.2 Å². The number of nitrogens with zero attached hydrogens (tertiary/aromatic N) is 2. The molecule has 1 saturated heterocycles. The highest BCUT2D eigenvalue weighted by atomic mass is 32.1. The number of ether oxygens (including phenoxy) is 2. The smallest absolute Gasteiger partial charge is 0.333 e. The number of urea groups is 1. The van der Waals surface area contributed by atoms with E-state index in [0.29, 0.717) is 29.5 Å². The number of hydrogen-bond donors (Lipinski definition) is 3. The number of aromatic nitrogens is 1. The Kier molecular flexibility index (Phi) is 6.66. The molecule has 2 heterocycles. The van der Waals surface area contributed by atoms with Crippen molar-refractivity contribution in [3.63, 3.8) is 0 Å². The lowest BCUT2D eigenvalue weighted by Gasteiger charge is -2.25. The summed E-state index contributed by atoms with van der Waals surface area (Å²) < 4.78 is 10.6. The lowest BCUT2D eigenvalue weighted by atomic mass is 10.2. The number of anilines is 1. The van der Waals surface area contributed by atoms with Crippen molar-refractivity contribution in [2.24, 2.45) is 0 Å². The van der Waals surface area contributed by atoms with Crippen molar-refractivity contribution in [2.45, 2.75) is 13.5 Å². The zero-order valence-electron chi connectivity index (χ0n) is 15.8. The Hall–Kier alpha value is -2.85. The molecular formula is C18H23N5O4S. The SMILES string of the molecule is COc1ccccc1CNC(=O)NNC(=O)c1sc(N2CCOCC2)nc1C. The zero-order chi connectivity index (χ0) is 19.9. The molecular weight excluding hydrogens is 382 g/mol. The van der Waals surface area contributed by atoms with Crippen LogP contribution in [0.1, 0.15) is 20.9 Å². The Balaban J connectivity index is 1.51. The molecule has 0 saturated carbocycles. The van der Waals surface area contributed by atoms with E-state index in [-0.39, 0.29) is 6.54 Å². The second-order valence-corrected chi connectivity index (χ2v) is 7.06. The van der Waals surface area contributed by atoms with E-state index in [2.05, 4.69) is 26.1 Å². The van der Waals surface area contributed by atoms with Gasteiger partial charge in [0.2, 0.25) is 0 Å². The number of hydrogen-bond acceptors (Lipinski definition) is 7. The summed E-state index contributed by atoms with van der Waals surface area (Å²) in [5.41, 5.74) is 6.23. The van der Waals surface area contributed by atoms with E-state index in [4.69, 9.17) is 9.47 Å². The second-order valence-electron chi connectivity index (χ2n) is 6.08. The number of thiazole rings is 1. The molecule has 0 unspecified atom stereocenters. The van der Waals surface area contributed by atoms with Crippen molar-refractivity contribution in [3.05, 3.63) is 40.4 Å². The first kappa shape index (κ1) is 19.9. The Morgan fingerprint density at radius 1 is 1.25 bits per heavy atom. The van der Waals surface area contributed by atoms with Gasteiger partial charge >= 0.3 is 6.03 Å². The van der Waals surface area contributed by atoms with Crippen LogP contribution in [0.15, 0.2) is 24.3 Å².